The van der Waals surface area contributed by atoms with E-state index < -0.39 is 0 Å². The van der Waals surface area contributed by atoms with E-state index in [1.54, 1.807) is 7.11 Å². The van der Waals surface area contributed by atoms with Gasteiger partial charge in [-0.2, -0.15) is 0 Å². The Morgan fingerprint density at radius 2 is 1.76 bits per heavy atom. The lowest BCUT2D eigenvalue weighted by molar-refractivity contribution is 0.0993. The van der Waals surface area contributed by atoms with E-state index in [1.165, 1.54) is 5.56 Å². The topological polar surface area (TPSA) is 26.3 Å². The molecular formula is C19H22O2. The molecule has 0 aliphatic rings. The van der Waals surface area contributed by atoms with Gasteiger partial charge >= 0.3 is 0 Å². The molecule has 0 aliphatic carbocycles. The van der Waals surface area contributed by atoms with Crippen molar-refractivity contribution in [3.63, 3.8) is 0 Å². The van der Waals surface area contributed by atoms with Crippen molar-refractivity contribution in [1.29, 1.82) is 0 Å². The molecule has 0 saturated heterocycles. The summed E-state index contributed by atoms with van der Waals surface area (Å²) in [6.07, 6.45) is 1.41. The van der Waals surface area contributed by atoms with Gasteiger partial charge in [0.05, 0.1) is 7.11 Å². The number of Topliss-reactive ketones (excluding diaryl/α,β-unsaturated/α-hetero) is 1. The van der Waals surface area contributed by atoms with Crippen LogP contribution in [0.3, 0.4) is 0 Å². The highest BCUT2D eigenvalue weighted by Crippen LogP contribution is 2.16. The van der Waals surface area contributed by atoms with Crippen LogP contribution in [0.2, 0.25) is 0 Å². The summed E-state index contributed by atoms with van der Waals surface area (Å²) in [7, 11) is 1.64. The summed E-state index contributed by atoms with van der Waals surface area (Å²) in [5.74, 6) is 1.52. The Bertz CT molecular complexity index is 614. The summed E-state index contributed by atoms with van der Waals surface area (Å²) in [5.41, 5.74) is 2.99. The molecule has 0 N–H and O–H groups in total. The van der Waals surface area contributed by atoms with Gasteiger partial charge in [-0.05, 0) is 41.7 Å². The van der Waals surface area contributed by atoms with Gasteiger partial charge in [-0.3, -0.25) is 4.79 Å². The van der Waals surface area contributed by atoms with Crippen molar-refractivity contribution in [2.75, 3.05) is 7.11 Å². The van der Waals surface area contributed by atoms with E-state index in [4.69, 9.17) is 4.74 Å². The smallest absolute Gasteiger partial charge is 0.167 e. The van der Waals surface area contributed by atoms with Gasteiger partial charge in [0.2, 0.25) is 0 Å². The molecule has 110 valence electrons. The first-order valence-corrected chi connectivity index (χ1v) is 7.33. The Hall–Kier alpha value is -2.09. The van der Waals surface area contributed by atoms with E-state index in [2.05, 4.69) is 19.9 Å². The maximum atomic E-state index is 12.4. The molecule has 0 atom stereocenters. The Kier molecular flexibility index (Phi) is 5.15. The van der Waals surface area contributed by atoms with Crippen LogP contribution in [-0.4, -0.2) is 12.9 Å². The van der Waals surface area contributed by atoms with Gasteiger partial charge in [0.15, 0.2) is 5.78 Å². The summed E-state index contributed by atoms with van der Waals surface area (Å²) in [6.45, 7) is 4.37. The predicted octanol–water partition coefficient (Wildman–Crippen LogP) is 4.32. The monoisotopic (exact) mass is 282 g/mol. The van der Waals surface area contributed by atoms with Crippen molar-refractivity contribution in [3.05, 3.63) is 65.2 Å². The Morgan fingerprint density at radius 3 is 2.48 bits per heavy atom. The van der Waals surface area contributed by atoms with Crippen molar-refractivity contribution in [1.82, 2.24) is 0 Å². The number of rotatable bonds is 6. The van der Waals surface area contributed by atoms with Crippen LogP contribution in [0.4, 0.5) is 0 Å². The lowest BCUT2D eigenvalue weighted by atomic mass is 9.97. The number of hydrogen-bond acceptors (Lipinski definition) is 2. The number of carbonyl (C=O) groups excluding carboxylic acids is 1. The second-order valence-electron chi connectivity index (χ2n) is 5.75. The van der Waals surface area contributed by atoms with Crippen molar-refractivity contribution < 1.29 is 9.53 Å². The van der Waals surface area contributed by atoms with Gasteiger partial charge in [0.25, 0.3) is 0 Å². The first kappa shape index (κ1) is 15.3. The number of benzene rings is 2. The molecule has 2 heteroatoms. The Balaban J connectivity index is 2.12. The fourth-order valence-electron chi connectivity index (χ4n) is 2.41. The van der Waals surface area contributed by atoms with Crippen molar-refractivity contribution >= 4 is 5.78 Å². The molecule has 0 unspecified atom stereocenters. The van der Waals surface area contributed by atoms with Gasteiger partial charge < -0.3 is 4.74 Å². The fourth-order valence-corrected chi connectivity index (χ4v) is 2.41. The molecule has 21 heavy (non-hydrogen) atoms. The van der Waals surface area contributed by atoms with Crippen LogP contribution in [0, 0.1) is 5.92 Å². The summed E-state index contributed by atoms with van der Waals surface area (Å²) in [4.78, 5) is 12.4. The zero-order valence-corrected chi connectivity index (χ0v) is 12.9. The number of carbonyl (C=O) groups is 1. The summed E-state index contributed by atoms with van der Waals surface area (Å²) in [5, 5.41) is 0. The van der Waals surface area contributed by atoms with Crippen LogP contribution >= 0.6 is 0 Å². The van der Waals surface area contributed by atoms with Gasteiger partial charge in [-0.25, -0.2) is 0 Å². The van der Waals surface area contributed by atoms with Gasteiger partial charge in [-0.1, -0.05) is 44.2 Å². The SMILES string of the molecule is COc1cccc(CC(=O)c2cccc(CC(C)C)c2)c1. The second kappa shape index (κ2) is 7.07. The molecule has 0 aliphatic heterocycles. The van der Waals surface area contributed by atoms with E-state index in [1.807, 2.05) is 42.5 Å². The van der Waals surface area contributed by atoms with E-state index >= 15 is 0 Å². The van der Waals surface area contributed by atoms with Gasteiger partial charge in [0, 0.05) is 12.0 Å². The third-order valence-electron chi connectivity index (χ3n) is 3.39. The van der Waals surface area contributed by atoms with Crippen LogP contribution < -0.4 is 4.74 Å². The van der Waals surface area contributed by atoms with Crippen LogP contribution in [-0.2, 0) is 12.8 Å². The quantitative estimate of drug-likeness (QED) is 0.738. The zero-order valence-electron chi connectivity index (χ0n) is 12.9. The molecule has 0 spiro atoms. The van der Waals surface area contributed by atoms with Crippen molar-refractivity contribution in [3.8, 4) is 5.75 Å². The van der Waals surface area contributed by atoms with Gasteiger partial charge in [-0.15, -0.1) is 0 Å². The van der Waals surface area contributed by atoms with Crippen LogP contribution in [0.15, 0.2) is 48.5 Å². The normalized spacial score (nSPS) is 10.7. The minimum atomic E-state index is 0.147. The number of ketones is 1. The molecule has 2 rings (SSSR count). The van der Waals surface area contributed by atoms with Crippen LogP contribution in [0.1, 0.15) is 35.3 Å². The van der Waals surface area contributed by atoms with Crippen molar-refractivity contribution in [2.45, 2.75) is 26.7 Å². The first-order chi connectivity index (χ1) is 10.1. The standard InChI is InChI=1S/C19H22O2/c1-14(2)10-15-6-4-8-17(11-15)19(20)13-16-7-5-9-18(12-16)21-3/h4-9,11-12,14H,10,13H2,1-3H3. The number of methoxy groups -OCH3 is 1. The maximum absolute atomic E-state index is 12.4. The minimum absolute atomic E-state index is 0.147. The lowest BCUT2D eigenvalue weighted by Crippen LogP contribution is -2.05. The average Bonchev–Trinajstić information content (AvgIpc) is 2.47. The number of ether oxygens (including phenoxy) is 1. The molecule has 0 amide bonds. The zero-order chi connectivity index (χ0) is 15.2. The molecule has 2 nitrogen and oxygen atoms in total. The summed E-state index contributed by atoms with van der Waals surface area (Å²) < 4.78 is 5.19. The van der Waals surface area contributed by atoms with Crippen molar-refractivity contribution in [2.24, 2.45) is 5.92 Å². The maximum Gasteiger partial charge on any atom is 0.167 e. The molecule has 2 aromatic carbocycles. The van der Waals surface area contributed by atoms with E-state index in [0.29, 0.717) is 12.3 Å². The van der Waals surface area contributed by atoms with E-state index in [-0.39, 0.29) is 5.78 Å². The largest absolute Gasteiger partial charge is 0.497 e. The molecule has 0 radical (unpaired) electrons. The third-order valence-corrected chi connectivity index (χ3v) is 3.39. The molecule has 0 aromatic heterocycles. The summed E-state index contributed by atoms with van der Waals surface area (Å²) >= 11 is 0. The first-order valence-electron chi connectivity index (χ1n) is 7.33. The predicted molar refractivity (Wildman–Crippen MR) is 86.0 cm³/mol. The highest BCUT2D eigenvalue weighted by molar-refractivity contribution is 5.97. The fraction of sp³-hybridized carbons (Fsp3) is 0.316. The van der Waals surface area contributed by atoms with Crippen LogP contribution in [0.25, 0.3) is 0 Å². The number of hydrogen-bond donors (Lipinski definition) is 0. The minimum Gasteiger partial charge on any atom is -0.497 e. The highest BCUT2D eigenvalue weighted by Gasteiger charge is 2.09. The van der Waals surface area contributed by atoms with Gasteiger partial charge in [0.1, 0.15) is 5.75 Å². The third kappa shape index (κ3) is 4.45. The molecule has 0 bridgehead atoms. The van der Waals surface area contributed by atoms with Crippen LogP contribution in [0.5, 0.6) is 5.75 Å². The molecule has 2 aromatic rings. The molecular weight excluding hydrogens is 260 g/mol. The highest BCUT2D eigenvalue weighted by atomic mass is 16.5. The second-order valence-corrected chi connectivity index (χ2v) is 5.75. The molecule has 0 saturated carbocycles. The molecule has 0 heterocycles. The molecule has 0 fully saturated rings. The Labute approximate surface area is 126 Å². The van der Waals surface area contributed by atoms with E-state index in [0.717, 1.165) is 23.3 Å². The Morgan fingerprint density at radius 1 is 1.05 bits per heavy atom. The lowest BCUT2D eigenvalue weighted by Gasteiger charge is -2.08. The van der Waals surface area contributed by atoms with E-state index in [9.17, 15) is 4.79 Å². The average molecular weight is 282 g/mol. The summed E-state index contributed by atoms with van der Waals surface area (Å²) in [6, 6.07) is 15.6.